The monoisotopic (exact) mass is 450 g/mol. The van der Waals surface area contributed by atoms with Gasteiger partial charge >= 0.3 is 6.16 Å². The largest absolute Gasteiger partial charge is 0.513 e. The summed E-state index contributed by atoms with van der Waals surface area (Å²) in [5.74, 6) is -0.270. The van der Waals surface area contributed by atoms with Crippen molar-refractivity contribution in [3.8, 4) is 5.75 Å². The summed E-state index contributed by atoms with van der Waals surface area (Å²) in [7, 11) is 0. The van der Waals surface area contributed by atoms with Gasteiger partial charge in [0.1, 0.15) is 5.75 Å². The lowest BCUT2D eigenvalue weighted by molar-refractivity contribution is 0.0946. The fourth-order valence-corrected chi connectivity index (χ4v) is 3.09. The molecule has 0 radical (unpaired) electrons. The lowest BCUT2D eigenvalue weighted by Crippen LogP contribution is -2.23. The van der Waals surface area contributed by atoms with E-state index in [1.807, 2.05) is 12.1 Å². The number of amides is 2. The summed E-state index contributed by atoms with van der Waals surface area (Å²) >= 11 is 4.30. The van der Waals surface area contributed by atoms with Crippen LogP contribution in [0.1, 0.15) is 33.2 Å². The number of anilines is 1. The summed E-state index contributed by atoms with van der Waals surface area (Å²) in [5.41, 5.74) is 2.30. The average molecular weight is 451 g/mol. The Morgan fingerprint density at radius 2 is 1.66 bits per heavy atom. The Hall–Kier alpha value is -3.78. The minimum absolute atomic E-state index is 0.213. The van der Waals surface area contributed by atoms with Crippen LogP contribution in [0.3, 0.4) is 0 Å². The molecule has 3 aromatic carbocycles. The molecular formula is C24H22N2O5S. The predicted molar refractivity (Wildman–Crippen MR) is 123 cm³/mol. The lowest BCUT2D eigenvalue weighted by atomic mass is 10.1. The maximum absolute atomic E-state index is 12.5. The predicted octanol–water partition coefficient (Wildman–Crippen LogP) is 4.69. The van der Waals surface area contributed by atoms with Crippen LogP contribution in [-0.2, 0) is 11.3 Å². The van der Waals surface area contributed by atoms with Gasteiger partial charge in [0.2, 0.25) is 0 Å². The van der Waals surface area contributed by atoms with Gasteiger partial charge in [-0.1, -0.05) is 24.3 Å². The third-order valence-electron chi connectivity index (χ3n) is 4.37. The first-order valence-electron chi connectivity index (χ1n) is 9.87. The van der Waals surface area contributed by atoms with E-state index in [-0.39, 0.29) is 24.2 Å². The second-order valence-electron chi connectivity index (χ2n) is 6.66. The van der Waals surface area contributed by atoms with Crippen LogP contribution in [-0.4, -0.2) is 24.6 Å². The molecule has 0 bridgehead atoms. The summed E-state index contributed by atoms with van der Waals surface area (Å²) in [4.78, 5) is 36.8. The smallest absolute Gasteiger partial charge is 0.434 e. The maximum atomic E-state index is 12.5. The van der Waals surface area contributed by atoms with E-state index < -0.39 is 6.16 Å². The standard InChI is InChI=1S/C24H22N2O5S/c1-2-30-24(29)31-19-12-10-17(11-13-19)22(27)26-18-7-5-6-16(14-18)15-25-23(28)20-8-3-4-9-21(20)32/h3-14,32H,2,15H2,1H3,(H,25,28)(H,26,27). The molecule has 0 aromatic heterocycles. The SMILES string of the molecule is CCOC(=O)Oc1ccc(C(=O)Nc2cccc(CNC(=O)c3ccccc3S)c2)cc1. The highest BCUT2D eigenvalue weighted by Crippen LogP contribution is 2.17. The Bertz CT molecular complexity index is 1120. The number of thiol groups is 1. The molecule has 0 unspecified atom stereocenters. The van der Waals surface area contributed by atoms with Gasteiger partial charge in [0.15, 0.2) is 0 Å². The zero-order valence-electron chi connectivity index (χ0n) is 17.3. The van der Waals surface area contributed by atoms with Gasteiger partial charge in [0, 0.05) is 22.7 Å². The van der Waals surface area contributed by atoms with E-state index in [2.05, 4.69) is 23.3 Å². The van der Waals surface area contributed by atoms with Crippen molar-refractivity contribution in [2.75, 3.05) is 11.9 Å². The summed E-state index contributed by atoms with van der Waals surface area (Å²) in [6.45, 7) is 2.19. The van der Waals surface area contributed by atoms with Gasteiger partial charge < -0.3 is 20.1 Å². The number of rotatable bonds is 7. The molecule has 0 atom stereocenters. The molecule has 0 fully saturated rings. The van der Waals surface area contributed by atoms with Crippen LogP contribution in [0.4, 0.5) is 10.5 Å². The first-order chi connectivity index (χ1) is 15.5. The fourth-order valence-electron chi connectivity index (χ4n) is 2.82. The molecule has 0 saturated carbocycles. The first kappa shape index (κ1) is 22.9. The van der Waals surface area contributed by atoms with Gasteiger partial charge in [-0.25, -0.2) is 4.79 Å². The zero-order valence-corrected chi connectivity index (χ0v) is 18.2. The number of carbonyl (C=O) groups is 3. The normalized spacial score (nSPS) is 10.2. The second-order valence-corrected chi connectivity index (χ2v) is 7.15. The van der Waals surface area contributed by atoms with E-state index in [1.165, 1.54) is 12.1 Å². The lowest BCUT2D eigenvalue weighted by Gasteiger charge is -2.10. The molecule has 2 N–H and O–H groups in total. The highest BCUT2D eigenvalue weighted by molar-refractivity contribution is 7.80. The molecule has 0 aliphatic heterocycles. The molecule has 3 rings (SSSR count). The number of benzene rings is 3. The van der Waals surface area contributed by atoms with Crippen molar-refractivity contribution >= 4 is 36.3 Å². The van der Waals surface area contributed by atoms with Crippen molar-refractivity contribution < 1.29 is 23.9 Å². The first-order valence-corrected chi connectivity index (χ1v) is 10.3. The van der Waals surface area contributed by atoms with Crippen molar-refractivity contribution in [1.29, 1.82) is 0 Å². The van der Waals surface area contributed by atoms with Crippen LogP contribution >= 0.6 is 12.6 Å². The van der Waals surface area contributed by atoms with Crippen LogP contribution in [0.15, 0.2) is 77.7 Å². The van der Waals surface area contributed by atoms with Crippen LogP contribution < -0.4 is 15.4 Å². The highest BCUT2D eigenvalue weighted by atomic mass is 32.1. The van der Waals surface area contributed by atoms with E-state index >= 15 is 0 Å². The number of hydrogen-bond acceptors (Lipinski definition) is 6. The van der Waals surface area contributed by atoms with E-state index in [0.717, 1.165) is 5.56 Å². The van der Waals surface area contributed by atoms with E-state index in [9.17, 15) is 14.4 Å². The number of nitrogens with one attached hydrogen (secondary N) is 2. The van der Waals surface area contributed by atoms with Gasteiger partial charge in [-0.05, 0) is 61.0 Å². The molecule has 0 aliphatic rings. The Labute approximate surface area is 191 Å². The quantitative estimate of drug-likeness (QED) is 0.276. The average Bonchev–Trinajstić information content (AvgIpc) is 2.78. The number of hydrogen-bond donors (Lipinski definition) is 3. The summed E-state index contributed by atoms with van der Waals surface area (Å²) in [5, 5.41) is 5.66. The molecule has 8 heteroatoms. The van der Waals surface area contributed by atoms with Gasteiger partial charge in [-0.3, -0.25) is 9.59 Å². The van der Waals surface area contributed by atoms with Crippen molar-refractivity contribution in [3.63, 3.8) is 0 Å². The fraction of sp³-hybridized carbons (Fsp3) is 0.125. The van der Waals surface area contributed by atoms with Crippen LogP contribution in [0, 0.1) is 0 Å². The van der Waals surface area contributed by atoms with Gasteiger partial charge in [0.05, 0.1) is 12.2 Å². The van der Waals surface area contributed by atoms with Gasteiger partial charge in [-0.2, -0.15) is 0 Å². The molecule has 2 amide bonds. The molecule has 7 nitrogen and oxygen atoms in total. The molecular weight excluding hydrogens is 428 g/mol. The van der Waals surface area contributed by atoms with E-state index in [1.54, 1.807) is 55.5 Å². The van der Waals surface area contributed by atoms with Crippen LogP contribution in [0.5, 0.6) is 5.75 Å². The Morgan fingerprint density at radius 1 is 0.906 bits per heavy atom. The molecule has 3 aromatic rings. The van der Waals surface area contributed by atoms with E-state index in [4.69, 9.17) is 9.47 Å². The highest BCUT2D eigenvalue weighted by Gasteiger charge is 2.11. The Morgan fingerprint density at radius 3 is 2.38 bits per heavy atom. The molecule has 0 aliphatic carbocycles. The molecule has 164 valence electrons. The van der Waals surface area contributed by atoms with Crippen molar-refractivity contribution in [2.45, 2.75) is 18.4 Å². The number of ether oxygens (including phenoxy) is 2. The summed E-state index contributed by atoms with van der Waals surface area (Å²) < 4.78 is 9.69. The zero-order chi connectivity index (χ0) is 22.9. The van der Waals surface area contributed by atoms with Gasteiger partial charge in [0.25, 0.3) is 11.8 Å². The minimum atomic E-state index is -0.800. The van der Waals surface area contributed by atoms with Crippen LogP contribution in [0.25, 0.3) is 0 Å². The number of carbonyl (C=O) groups excluding carboxylic acids is 3. The third-order valence-corrected chi connectivity index (χ3v) is 4.76. The van der Waals surface area contributed by atoms with Crippen molar-refractivity contribution in [1.82, 2.24) is 5.32 Å². The van der Waals surface area contributed by atoms with Crippen molar-refractivity contribution in [2.24, 2.45) is 0 Å². The van der Waals surface area contributed by atoms with Gasteiger partial charge in [-0.15, -0.1) is 12.6 Å². The van der Waals surface area contributed by atoms with Crippen LogP contribution in [0.2, 0.25) is 0 Å². The maximum Gasteiger partial charge on any atom is 0.513 e. The van der Waals surface area contributed by atoms with Crippen molar-refractivity contribution in [3.05, 3.63) is 89.5 Å². The Kier molecular flexibility index (Phi) is 7.88. The summed E-state index contributed by atoms with van der Waals surface area (Å²) in [6, 6.07) is 20.3. The molecule has 0 spiro atoms. The molecule has 32 heavy (non-hydrogen) atoms. The minimum Gasteiger partial charge on any atom is -0.434 e. The second kappa shape index (κ2) is 11.0. The molecule has 0 saturated heterocycles. The third kappa shape index (κ3) is 6.36. The Balaban J connectivity index is 1.58. The molecule has 0 heterocycles. The van der Waals surface area contributed by atoms with E-state index in [0.29, 0.717) is 28.3 Å². The summed E-state index contributed by atoms with van der Waals surface area (Å²) in [6.07, 6.45) is -0.800. The topological polar surface area (TPSA) is 93.7 Å².